The topological polar surface area (TPSA) is 42.2 Å². The zero-order chi connectivity index (χ0) is 13.8. The van der Waals surface area contributed by atoms with Crippen molar-refractivity contribution in [3.63, 3.8) is 0 Å². The van der Waals surface area contributed by atoms with E-state index in [1.165, 1.54) is 6.07 Å². The molecule has 0 radical (unpaired) electrons. The van der Waals surface area contributed by atoms with E-state index in [9.17, 15) is 4.39 Å². The Bertz CT molecular complexity index is 541. The fourth-order valence-corrected chi connectivity index (χ4v) is 2.73. The molecule has 1 aromatic heterocycles. The third-order valence-corrected chi connectivity index (χ3v) is 3.89. The van der Waals surface area contributed by atoms with Crippen molar-refractivity contribution in [1.29, 1.82) is 0 Å². The van der Waals surface area contributed by atoms with Gasteiger partial charge in [0.25, 0.3) is 0 Å². The highest BCUT2D eigenvalue weighted by Crippen LogP contribution is 2.21. The number of hydrogen-bond donors (Lipinski definition) is 1. The maximum absolute atomic E-state index is 13.3. The highest BCUT2D eigenvalue weighted by atomic mass is 32.1. The minimum Gasteiger partial charge on any atom is -0.329 e. The van der Waals surface area contributed by atoms with E-state index >= 15 is 0 Å². The van der Waals surface area contributed by atoms with Gasteiger partial charge in [0, 0.05) is 24.5 Å². The summed E-state index contributed by atoms with van der Waals surface area (Å²) in [5.74, 6) is -0.228. The average molecular weight is 279 g/mol. The van der Waals surface area contributed by atoms with Crippen LogP contribution in [0.3, 0.4) is 0 Å². The summed E-state index contributed by atoms with van der Waals surface area (Å²) in [4.78, 5) is 6.54. The van der Waals surface area contributed by atoms with Crippen LogP contribution in [0.4, 0.5) is 4.39 Å². The van der Waals surface area contributed by atoms with Crippen LogP contribution in [-0.4, -0.2) is 23.5 Å². The van der Waals surface area contributed by atoms with Gasteiger partial charge in [-0.15, -0.1) is 11.3 Å². The fourth-order valence-electron chi connectivity index (χ4n) is 2.13. The molecule has 0 fully saturated rings. The molecule has 1 heterocycles. The quantitative estimate of drug-likeness (QED) is 0.915. The van der Waals surface area contributed by atoms with E-state index in [1.807, 2.05) is 25.4 Å². The second-order valence-electron chi connectivity index (χ2n) is 4.58. The Morgan fingerprint density at radius 3 is 2.84 bits per heavy atom. The number of benzene rings is 1. The molecular formula is C14H18FN3S. The van der Waals surface area contributed by atoms with Crippen LogP contribution in [0, 0.1) is 12.7 Å². The smallest absolute Gasteiger partial charge is 0.123 e. The molecule has 1 unspecified atom stereocenters. The summed E-state index contributed by atoms with van der Waals surface area (Å²) in [5, 5.41) is 3.10. The van der Waals surface area contributed by atoms with E-state index in [2.05, 4.69) is 9.88 Å². The van der Waals surface area contributed by atoms with Crippen molar-refractivity contribution in [2.45, 2.75) is 19.5 Å². The van der Waals surface area contributed by atoms with Crippen molar-refractivity contribution in [3.05, 3.63) is 51.7 Å². The van der Waals surface area contributed by atoms with Crippen LogP contribution in [-0.2, 0) is 6.54 Å². The second-order valence-corrected chi connectivity index (χ2v) is 5.64. The molecule has 2 rings (SSSR count). The van der Waals surface area contributed by atoms with Crippen molar-refractivity contribution < 1.29 is 4.39 Å². The lowest BCUT2D eigenvalue weighted by atomic mass is 10.1. The zero-order valence-electron chi connectivity index (χ0n) is 11.1. The third kappa shape index (κ3) is 3.59. The predicted molar refractivity (Wildman–Crippen MR) is 76.5 cm³/mol. The van der Waals surface area contributed by atoms with E-state index in [0.29, 0.717) is 13.1 Å². The first-order valence-electron chi connectivity index (χ1n) is 6.17. The molecule has 0 spiro atoms. The molecule has 19 heavy (non-hydrogen) atoms. The standard InChI is InChI=1S/C14H18FN3S/c1-10-17-13(9-19-10)8-18(2)14(7-16)11-4-3-5-12(15)6-11/h3-6,9,14H,7-8,16H2,1-2H3. The number of hydrogen-bond acceptors (Lipinski definition) is 4. The Kier molecular flexibility index (Phi) is 4.63. The fraction of sp³-hybridized carbons (Fsp3) is 0.357. The minimum absolute atomic E-state index is 0.00212. The van der Waals surface area contributed by atoms with Crippen molar-refractivity contribution in [1.82, 2.24) is 9.88 Å². The molecular weight excluding hydrogens is 261 g/mol. The van der Waals surface area contributed by atoms with E-state index in [0.717, 1.165) is 16.3 Å². The van der Waals surface area contributed by atoms with Gasteiger partial charge in [0.1, 0.15) is 5.82 Å². The number of likely N-dealkylation sites (N-methyl/N-ethyl adjacent to an activating group) is 1. The Balaban J connectivity index is 2.12. The number of halogens is 1. The molecule has 102 valence electrons. The van der Waals surface area contributed by atoms with Crippen LogP contribution in [0.25, 0.3) is 0 Å². The summed E-state index contributed by atoms with van der Waals surface area (Å²) < 4.78 is 13.3. The molecule has 2 N–H and O–H groups in total. The molecule has 3 nitrogen and oxygen atoms in total. The van der Waals surface area contributed by atoms with Gasteiger partial charge in [-0.3, -0.25) is 4.90 Å². The van der Waals surface area contributed by atoms with Crippen LogP contribution >= 0.6 is 11.3 Å². The third-order valence-electron chi connectivity index (χ3n) is 3.07. The molecule has 0 saturated carbocycles. The molecule has 1 aromatic carbocycles. The lowest BCUT2D eigenvalue weighted by Gasteiger charge is -2.26. The molecule has 0 aliphatic rings. The first kappa shape index (κ1) is 14.1. The van der Waals surface area contributed by atoms with Crippen molar-refractivity contribution in [2.24, 2.45) is 5.73 Å². The maximum atomic E-state index is 13.3. The molecule has 0 aliphatic heterocycles. The first-order valence-corrected chi connectivity index (χ1v) is 7.05. The van der Waals surface area contributed by atoms with Crippen LogP contribution in [0.1, 0.15) is 22.3 Å². The molecule has 0 bridgehead atoms. The highest BCUT2D eigenvalue weighted by molar-refractivity contribution is 7.09. The van der Waals surface area contributed by atoms with E-state index in [4.69, 9.17) is 5.73 Å². The van der Waals surface area contributed by atoms with E-state index < -0.39 is 0 Å². The van der Waals surface area contributed by atoms with Crippen molar-refractivity contribution in [3.8, 4) is 0 Å². The summed E-state index contributed by atoms with van der Waals surface area (Å²) >= 11 is 1.63. The van der Waals surface area contributed by atoms with Gasteiger partial charge in [0.05, 0.1) is 10.7 Å². The van der Waals surface area contributed by atoms with Gasteiger partial charge >= 0.3 is 0 Å². The molecule has 5 heteroatoms. The molecule has 0 saturated heterocycles. The van der Waals surface area contributed by atoms with Gasteiger partial charge in [0.15, 0.2) is 0 Å². The van der Waals surface area contributed by atoms with Gasteiger partial charge in [-0.1, -0.05) is 12.1 Å². The predicted octanol–water partition coefficient (Wildman–Crippen LogP) is 2.72. The first-order chi connectivity index (χ1) is 9.10. The number of aromatic nitrogens is 1. The monoisotopic (exact) mass is 279 g/mol. The summed E-state index contributed by atoms with van der Waals surface area (Å²) in [5.41, 5.74) is 7.76. The molecule has 2 aromatic rings. The van der Waals surface area contributed by atoms with Crippen LogP contribution in [0.15, 0.2) is 29.6 Å². The van der Waals surface area contributed by atoms with E-state index in [-0.39, 0.29) is 11.9 Å². The van der Waals surface area contributed by atoms with Crippen LogP contribution in [0.5, 0.6) is 0 Å². The zero-order valence-corrected chi connectivity index (χ0v) is 12.0. The summed E-state index contributed by atoms with van der Waals surface area (Å²) in [7, 11) is 1.98. The normalized spacial score (nSPS) is 12.9. The lowest BCUT2D eigenvalue weighted by Crippen LogP contribution is -2.30. The Morgan fingerprint density at radius 1 is 1.47 bits per heavy atom. The summed E-state index contributed by atoms with van der Waals surface area (Å²) in [6.45, 7) is 3.15. The number of aryl methyl sites for hydroxylation is 1. The van der Waals surface area contributed by atoms with Crippen molar-refractivity contribution in [2.75, 3.05) is 13.6 Å². The van der Waals surface area contributed by atoms with E-state index in [1.54, 1.807) is 23.5 Å². The SMILES string of the molecule is Cc1nc(CN(C)C(CN)c2cccc(F)c2)cs1. The molecule has 0 aliphatic carbocycles. The van der Waals surface area contributed by atoms with Crippen molar-refractivity contribution >= 4 is 11.3 Å². The lowest BCUT2D eigenvalue weighted by molar-refractivity contribution is 0.239. The summed E-state index contributed by atoms with van der Waals surface area (Å²) in [6, 6.07) is 6.61. The Hall–Kier alpha value is -1.30. The Morgan fingerprint density at radius 2 is 2.26 bits per heavy atom. The van der Waals surface area contributed by atoms with Gasteiger partial charge < -0.3 is 5.73 Å². The van der Waals surface area contributed by atoms with Gasteiger partial charge in [-0.2, -0.15) is 0 Å². The van der Waals surface area contributed by atoms with Gasteiger partial charge in [0.2, 0.25) is 0 Å². The van der Waals surface area contributed by atoms with Gasteiger partial charge in [-0.05, 0) is 31.7 Å². The number of nitrogens with zero attached hydrogens (tertiary/aromatic N) is 2. The largest absolute Gasteiger partial charge is 0.329 e. The maximum Gasteiger partial charge on any atom is 0.123 e. The Labute approximate surface area is 116 Å². The van der Waals surface area contributed by atoms with Crippen LogP contribution in [0.2, 0.25) is 0 Å². The number of nitrogens with two attached hydrogens (primary N) is 1. The highest BCUT2D eigenvalue weighted by Gasteiger charge is 2.17. The van der Waals surface area contributed by atoms with Gasteiger partial charge in [-0.25, -0.2) is 9.37 Å². The minimum atomic E-state index is -0.228. The van der Waals surface area contributed by atoms with Crippen LogP contribution < -0.4 is 5.73 Å². The second kappa shape index (κ2) is 6.23. The molecule has 1 atom stereocenters. The summed E-state index contributed by atoms with van der Waals surface area (Å²) in [6.07, 6.45) is 0. The average Bonchev–Trinajstić information content (AvgIpc) is 2.75. The number of thiazole rings is 1. The molecule has 0 amide bonds. The number of rotatable bonds is 5.